The van der Waals surface area contributed by atoms with Crippen molar-refractivity contribution in [1.82, 2.24) is 29.4 Å². The van der Waals surface area contributed by atoms with Gasteiger partial charge in [-0.25, -0.2) is 9.50 Å². The van der Waals surface area contributed by atoms with Crippen molar-refractivity contribution < 1.29 is 0 Å². The van der Waals surface area contributed by atoms with E-state index < -0.39 is 0 Å². The van der Waals surface area contributed by atoms with Crippen LogP contribution in [0.4, 0.5) is 5.95 Å². The van der Waals surface area contributed by atoms with Crippen LogP contribution in [0.2, 0.25) is 0 Å². The highest BCUT2D eigenvalue weighted by Crippen LogP contribution is 2.17. The molecule has 7 nitrogen and oxygen atoms in total. The van der Waals surface area contributed by atoms with Gasteiger partial charge in [-0.2, -0.15) is 10.1 Å². The van der Waals surface area contributed by atoms with Crippen molar-refractivity contribution >= 4 is 11.6 Å². The van der Waals surface area contributed by atoms with Gasteiger partial charge in [0.15, 0.2) is 5.65 Å². The SMILES string of the molecule is Cc1nc2ccc(CCc3nc(N4CCCC4)nn3C)nn2c1C. The summed E-state index contributed by atoms with van der Waals surface area (Å²) in [5.41, 5.74) is 4.09. The average Bonchev–Trinajstić information content (AvgIpc) is 3.27. The number of imidazole rings is 1. The van der Waals surface area contributed by atoms with E-state index in [1.165, 1.54) is 12.8 Å². The van der Waals surface area contributed by atoms with Gasteiger partial charge in [-0.15, -0.1) is 5.10 Å². The van der Waals surface area contributed by atoms with Gasteiger partial charge in [-0.1, -0.05) is 0 Å². The van der Waals surface area contributed by atoms with Gasteiger partial charge in [-0.05, 0) is 45.2 Å². The predicted molar refractivity (Wildman–Crippen MR) is 92.3 cm³/mol. The van der Waals surface area contributed by atoms with Gasteiger partial charge < -0.3 is 4.90 Å². The summed E-state index contributed by atoms with van der Waals surface area (Å²) in [6, 6.07) is 4.09. The molecule has 3 aromatic heterocycles. The molecule has 3 aromatic rings. The van der Waals surface area contributed by atoms with Crippen LogP contribution in [0.5, 0.6) is 0 Å². The van der Waals surface area contributed by atoms with Gasteiger partial charge in [0.1, 0.15) is 5.82 Å². The lowest BCUT2D eigenvalue weighted by Crippen LogP contribution is -2.19. The zero-order chi connectivity index (χ0) is 16.7. The quantitative estimate of drug-likeness (QED) is 0.732. The average molecular weight is 325 g/mol. The van der Waals surface area contributed by atoms with Crippen molar-refractivity contribution in [3.8, 4) is 0 Å². The van der Waals surface area contributed by atoms with Gasteiger partial charge >= 0.3 is 0 Å². The fourth-order valence-corrected chi connectivity index (χ4v) is 3.24. The summed E-state index contributed by atoms with van der Waals surface area (Å²) in [5, 5.41) is 9.28. The first kappa shape index (κ1) is 15.1. The lowest BCUT2D eigenvalue weighted by molar-refractivity contribution is 0.681. The van der Waals surface area contributed by atoms with Crippen molar-refractivity contribution in [2.45, 2.75) is 39.5 Å². The van der Waals surface area contributed by atoms with Crippen LogP contribution < -0.4 is 4.90 Å². The Morgan fingerprint density at radius 1 is 1.00 bits per heavy atom. The molecule has 0 saturated carbocycles. The molecule has 4 heterocycles. The molecule has 0 atom stereocenters. The Labute approximate surface area is 141 Å². The summed E-state index contributed by atoms with van der Waals surface area (Å²) in [4.78, 5) is 11.5. The third-order valence-corrected chi connectivity index (χ3v) is 4.83. The standard InChI is InChI=1S/C17H23N7/c1-12-13(2)24-16(18-12)9-7-14(20-24)6-8-15-19-17(21-22(15)3)23-10-4-5-11-23/h7,9H,4-6,8,10-11H2,1-3H3. The number of anilines is 1. The van der Waals surface area contributed by atoms with E-state index >= 15 is 0 Å². The summed E-state index contributed by atoms with van der Waals surface area (Å²) < 4.78 is 3.83. The summed E-state index contributed by atoms with van der Waals surface area (Å²) >= 11 is 0. The van der Waals surface area contributed by atoms with Crippen molar-refractivity contribution in [2.24, 2.45) is 7.05 Å². The summed E-state index contributed by atoms with van der Waals surface area (Å²) in [7, 11) is 1.97. The minimum Gasteiger partial charge on any atom is -0.340 e. The second kappa shape index (κ2) is 5.89. The predicted octanol–water partition coefficient (Wildman–Crippen LogP) is 1.86. The van der Waals surface area contributed by atoms with Gasteiger partial charge in [0.05, 0.1) is 17.1 Å². The Morgan fingerprint density at radius 3 is 2.58 bits per heavy atom. The molecule has 1 aliphatic heterocycles. The molecule has 0 amide bonds. The molecule has 1 aliphatic rings. The molecular weight excluding hydrogens is 302 g/mol. The minimum atomic E-state index is 0.836. The number of nitrogens with zero attached hydrogens (tertiary/aromatic N) is 7. The molecule has 0 bridgehead atoms. The monoisotopic (exact) mass is 325 g/mol. The molecule has 24 heavy (non-hydrogen) atoms. The summed E-state index contributed by atoms with van der Waals surface area (Å²) in [5.74, 6) is 1.88. The van der Waals surface area contributed by atoms with Crippen LogP contribution in [-0.4, -0.2) is 42.5 Å². The number of aryl methyl sites for hydroxylation is 5. The third-order valence-electron chi connectivity index (χ3n) is 4.83. The van der Waals surface area contributed by atoms with E-state index in [4.69, 9.17) is 10.1 Å². The highest BCUT2D eigenvalue weighted by atomic mass is 15.4. The molecule has 1 saturated heterocycles. The Balaban J connectivity index is 1.51. The van der Waals surface area contributed by atoms with Crippen LogP contribution in [0, 0.1) is 13.8 Å². The fourth-order valence-electron chi connectivity index (χ4n) is 3.24. The molecule has 0 aromatic carbocycles. The number of rotatable bonds is 4. The summed E-state index contributed by atoms with van der Waals surface area (Å²) in [6.07, 6.45) is 4.16. The van der Waals surface area contributed by atoms with Gasteiger partial charge in [-0.3, -0.25) is 4.68 Å². The Morgan fingerprint density at radius 2 is 1.79 bits per heavy atom. The van der Waals surface area contributed by atoms with Crippen LogP contribution in [0.25, 0.3) is 5.65 Å². The van der Waals surface area contributed by atoms with E-state index in [2.05, 4.69) is 28.0 Å². The fraction of sp³-hybridized carbons (Fsp3) is 0.529. The molecule has 0 unspecified atom stereocenters. The van der Waals surface area contributed by atoms with Crippen molar-refractivity contribution in [3.63, 3.8) is 0 Å². The zero-order valence-electron chi connectivity index (χ0n) is 14.5. The largest absolute Gasteiger partial charge is 0.340 e. The van der Waals surface area contributed by atoms with Crippen molar-refractivity contribution in [1.29, 1.82) is 0 Å². The molecule has 4 rings (SSSR count). The molecule has 0 aliphatic carbocycles. The normalized spacial score (nSPS) is 14.9. The number of hydrogen-bond donors (Lipinski definition) is 0. The second-order valence-electron chi connectivity index (χ2n) is 6.52. The molecule has 0 spiro atoms. The maximum absolute atomic E-state index is 4.72. The lowest BCUT2D eigenvalue weighted by Gasteiger charge is -2.10. The van der Waals surface area contributed by atoms with Crippen molar-refractivity contribution in [2.75, 3.05) is 18.0 Å². The molecule has 7 heteroatoms. The van der Waals surface area contributed by atoms with E-state index in [1.54, 1.807) is 0 Å². The van der Waals surface area contributed by atoms with Gasteiger partial charge in [0.2, 0.25) is 5.95 Å². The lowest BCUT2D eigenvalue weighted by atomic mass is 10.2. The van der Waals surface area contributed by atoms with Gasteiger partial charge in [0, 0.05) is 26.6 Å². The third kappa shape index (κ3) is 2.64. The first-order valence-electron chi connectivity index (χ1n) is 8.58. The van der Waals surface area contributed by atoms with Crippen LogP contribution >= 0.6 is 0 Å². The minimum absolute atomic E-state index is 0.836. The van der Waals surface area contributed by atoms with Gasteiger partial charge in [0.25, 0.3) is 0 Å². The molecule has 0 N–H and O–H groups in total. The Bertz CT molecular complexity index is 871. The smallest absolute Gasteiger partial charge is 0.244 e. The first-order valence-corrected chi connectivity index (χ1v) is 8.58. The van der Waals surface area contributed by atoms with Crippen LogP contribution in [-0.2, 0) is 19.9 Å². The van der Waals surface area contributed by atoms with E-state index in [0.717, 1.165) is 60.4 Å². The number of aromatic nitrogens is 6. The van der Waals surface area contributed by atoms with E-state index in [0.29, 0.717) is 0 Å². The highest BCUT2D eigenvalue weighted by molar-refractivity contribution is 5.41. The van der Waals surface area contributed by atoms with Crippen LogP contribution in [0.1, 0.15) is 35.7 Å². The Kier molecular flexibility index (Phi) is 3.70. The van der Waals surface area contributed by atoms with Crippen LogP contribution in [0.15, 0.2) is 12.1 Å². The maximum Gasteiger partial charge on any atom is 0.244 e. The molecule has 1 fully saturated rings. The first-order chi connectivity index (χ1) is 11.6. The van der Waals surface area contributed by atoms with E-state index in [9.17, 15) is 0 Å². The molecular formula is C17H23N7. The molecule has 126 valence electrons. The Hall–Kier alpha value is -2.44. The maximum atomic E-state index is 4.72. The highest BCUT2D eigenvalue weighted by Gasteiger charge is 2.18. The number of fused-ring (bicyclic) bond motifs is 1. The van der Waals surface area contributed by atoms with E-state index in [-0.39, 0.29) is 0 Å². The number of hydrogen-bond acceptors (Lipinski definition) is 5. The topological polar surface area (TPSA) is 64.1 Å². The van der Waals surface area contributed by atoms with E-state index in [1.807, 2.05) is 29.2 Å². The van der Waals surface area contributed by atoms with Crippen LogP contribution in [0.3, 0.4) is 0 Å². The second-order valence-corrected chi connectivity index (χ2v) is 6.52. The molecule has 0 radical (unpaired) electrons. The summed E-state index contributed by atoms with van der Waals surface area (Å²) in [6.45, 7) is 6.21. The van der Waals surface area contributed by atoms with Crippen molar-refractivity contribution in [3.05, 3.63) is 35.0 Å². The zero-order valence-corrected chi connectivity index (χ0v) is 14.5.